The predicted molar refractivity (Wildman–Crippen MR) is 104 cm³/mol. The fourth-order valence-corrected chi connectivity index (χ4v) is 3.23. The summed E-state index contributed by atoms with van der Waals surface area (Å²) in [5.41, 5.74) is 2.25. The molecular formula is C20H23ClN2O4. The quantitative estimate of drug-likeness (QED) is 0.767. The zero-order valence-corrected chi connectivity index (χ0v) is 16.2. The van der Waals surface area contributed by atoms with Crippen LogP contribution in [0, 0.1) is 0 Å². The zero-order chi connectivity index (χ0) is 19.2. The Hall–Kier alpha value is -2.60. The Kier molecular flexibility index (Phi) is 6.29. The topological polar surface area (TPSA) is 60.0 Å². The van der Waals surface area contributed by atoms with Crippen LogP contribution in [-0.4, -0.2) is 44.8 Å². The lowest BCUT2D eigenvalue weighted by molar-refractivity contribution is 0.189. The van der Waals surface area contributed by atoms with E-state index in [1.54, 1.807) is 31.3 Å². The second-order valence-corrected chi connectivity index (χ2v) is 6.62. The normalized spacial score (nSPS) is 12.9. The average molecular weight is 391 g/mol. The van der Waals surface area contributed by atoms with E-state index in [2.05, 4.69) is 5.32 Å². The predicted octanol–water partition coefficient (Wildman–Crippen LogP) is 3.50. The SMILES string of the molecule is COc1cc2c(cc1OC)CN(C(=O)NCCOc1cccc(Cl)c1)CC2. The largest absolute Gasteiger partial charge is 0.493 e. The molecule has 0 bridgehead atoms. The van der Waals surface area contributed by atoms with E-state index in [1.807, 2.05) is 24.3 Å². The fraction of sp³-hybridized carbons (Fsp3) is 0.350. The molecule has 27 heavy (non-hydrogen) atoms. The van der Waals surface area contributed by atoms with Gasteiger partial charge in [-0.25, -0.2) is 4.79 Å². The molecule has 0 radical (unpaired) electrons. The third-order valence-corrected chi connectivity index (χ3v) is 4.68. The number of carbonyl (C=O) groups is 1. The highest BCUT2D eigenvalue weighted by atomic mass is 35.5. The molecule has 0 saturated heterocycles. The van der Waals surface area contributed by atoms with Gasteiger partial charge in [0, 0.05) is 18.1 Å². The Balaban J connectivity index is 1.51. The maximum atomic E-state index is 12.4. The Labute approximate surface area is 164 Å². The Morgan fingerprint density at radius 3 is 2.59 bits per heavy atom. The van der Waals surface area contributed by atoms with Crippen molar-refractivity contribution in [1.29, 1.82) is 0 Å². The molecule has 7 heteroatoms. The summed E-state index contributed by atoms with van der Waals surface area (Å²) in [5, 5.41) is 3.51. The molecule has 0 aliphatic carbocycles. The molecule has 0 atom stereocenters. The highest BCUT2D eigenvalue weighted by Crippen LogP contribution is 2.33. The van der Waals surface area contributed by atoms with Crippen molar-refractivity contribution < 1.29 is 19.0 Å². The van der Waals surface area contributed by atoms with Gasteiger partial charge in [0.05, 0.1) is 20.8 Å². The number of rotatable bonds is 6. The maximum Gasteiger partial charge on any atom is 0.317 e. The van der Waals surface area contributed by atoms with Crippen LogP contribution in [0.4, 0.5) is 4.79 Å². The molecule has 2 aromatic carbocycles. The first kappa shape index (κ1) is 19.2. The van der Waals surface area contributed by atoms with Crippen molar-refractivity contribution in [2.45, 2.75) is 13.0 Å². The van der Waals surface area contributed by atoms with E-state index in [0.717, 1.165) is 12.0 Å². The maximum absolute atomic E-state index is 12.4. The van der Waals surface area contributed by atoms with Crippen molar-refractivity contribution in [3.05, 3.63) is 52.5 Å². The zero-order valence-electron chi connectivity index (χ0n) is 15.5. The third-order valence-electron chi connectivity index (χ3n) is 4.45. The van der Waals surface area contributed by atoms with Gasteiger partial charge in [-0.2, -0.15) is 0 Å². The van der Waals surface area contributed by atoms with Crippen LogP contribution in [0.15, 0.2) is 36.4 Å². The molecule has 144 valence electrons. The van der Waals surface area contributed by atoms with Gasteiger partial charge < -0.3 is 24.4 Å². The smallest absolute Gasteiger partial charge is 0.317 e. The van der Waals surface area contributed by atoms with Crippen LogP contribution >= 0.6 is 11.6 Å². The minimum absolute atomic E-state index is 0.106. The van der Waals surface area contributed by atoms with Gasteiger partial charge in [0.1, 0.15) is 12.4 Å². The summed E-state index contributed by atoms with van der Waals surface area (Å²) in [6, 6.07) is 11.0. The molecule has 0 spiro atoms. The Bertz CT molecular complexity index is 813. The van der Waals surface area contributed by atoms with Gasteiger partial charge >= 0.3 is 6.03 Å². The molecule has 1 aliphatic rings. The summed E-state index contributed by atoms with van der Waals surface area (Å²) in [5.74, 6) is 2.07. The molecule has 2 aromatic rings. The first-order valence-corrected chi connectivity index (χ1v) is 9.13. The van der Waals surface area contributed by atoms with Gasteiger partial charge in [-0.05, 0) is 47.9 Å². The Morgan fingerprint density at radius 1 is 1.15 bits per heavy atom. The average Bonchev–Trinajstić information content (AvgIpc) is 2.69. The first-order valence-electron chi connectivity index (χ1n) is 8.75. The number of hydrogen-bond acceptors (Lipinski definition) is 4. The van der Waals surface area contributed by atoms with Crippen molar-refractivity contribution in [2.75, 3.05) is 33.9 Å². The molecule has 1 aliphatic heterocycles. The van der Waals surface area contributed by atoms with Crippen molar-refractivity contribution in [3.8, 4) is 17.2 Å². The van der Waals surface area contributed by atoms with Crippen LogP contribution in [0.5, 0.6) is 17.2 Å². The summed E-state index contributed by atoms with van der Waals surface area (Å²) in [7, 11) is 3.23. The molecule has 0 saturated carbocycles. The Morgan fingerprint density at radius 2 is 1.89 bits per heavy atom. The lowest BCUT2D eigenvalue weighted by atomic mass is 9.99. The van der Waals surface area contributed by atoms with Gasteiger partial charge in [0.25, 0.3) is 0 Å². The number of carbonyl (C=O) groups excluding carboxylic acids is 1. The number of amides is 2. The number of nitrogens with zero attached hydrogens (tertiary/aromatic N) is 1. The highest BCUT2D eigenvalue weighted by molar-refractivity contribution is 6.30. The van der Waals surface area contributed by atoms with Gasteiger partial charge in [0.15, 0.2) is 11.5 Å². The van der Waals surface area contributed by atoms with Gasteiger partial charge in [-0.15, -0.1) is 0 Å². The molecule has 0 aromatic heterocycles. The molecule has 6 nitrogen and oxygen atoms in total. The van der Waals surface area contributed by atoms with Crippen LogP contribution < -0.4 is 19.5 Å². The lowest BCUT2D eigenvalue weighted by Gasteiger charge is -2.29. The third kappa shape index (κ3) is 4.77. The number of nitrogens with one attached hydrogen (secondary N) is 1. The number of ether oxygens (including phenoxy) is 3. The second kappa shape index (κ2) is 8.86. The van der Waals surface area contributed by atoms with Gasteiger partial charge in [0.2, 0.25) is 0 Å². The highest BCUT2D eigenvalue weighted by Gasteiger charge is 2.22. The molecule has 1 N–H and O–H groups in total. The van der Waals surface area contributed by atoms with Gasteiger partial charge in [-0.1, -0.05) is 17.7 Å². The van der Waals surface area contributed by atoms with E-state index >= 15 is 0 Å². The number of urea groups is 1. The van der Waals surface area contributed by atoms with E-state index in [9.17, 15) is 4.79 Å². The van der Waals surface area contributed by atoms with E-state index in [-0.39, 0.29) is 6.03 Å². The minimum atomic E-state index is -0.106. The molecular weight excluding hydrogens is 368 g/mol. The second-order valence-electron chi connectivity index (χ2n) is 6.19. The first-order chi connectivity index (χ1) is 13.1. The van der Waals surface area contributed by atoms with Gasteiger partial charge in [-0.3, -0.25) is 0 Å². The minimum Gasteiger partial charge on any atom is -0.493 e. The standard InChI is InChI=1S/C20H23ClN2O4/c1-25-18-10-14-6-8-23(13-15(14)11-19(18)26-2)20(24)22-7-9-27-17-5-3-4-16(21)12-17/h3-5,10-12H,6-9,13H2,1-2H3,(H,22,24). The fourth-order valence-electron chi connectivity index (χ4n) is 3.05. The van der Waals surface area contributed by atoms with Crippen LogP contribution in [0.25, 0.3) is 0 Å². The summed E-state index contributed by atoms with van der Waals surface area (Å²) < 4.78 is 16.3. The number of benzene rings is 2. The van der Waals surface area contributed by atoms with Crippen LogP contribution in [-0.2, 0) is 13.0 Å². The van der Waals surface area contributed by atoms with E-state index in [0.29, 0.717) is 48.5 Å². The van der Waals surface area contributed by atoms with E-state index in [4.69, 9.17) is 25.8 Å². The summed E-state index contributed by atoms with van der Waals surface area (Å²) in [6.45, 7) is 1.99. The molecule has 2 amide bonds. The van der Waals surface area contributed by atoms with Crippen LogP contribution in [0.1, 0.15) is 11.1 Å². The lowest BCUT2D eigenvalue weighted by Crippen LogP contribution is -2.43. The monoisotopic (exact) mass is 390 g/mol. The van der Waals surface area contributed by atoms with Crippen molar-refractivity contribution in [1.82, 2.24) is 10.2 Å². The van der Waals surface area contributed by atoms with Crippen molar-refractivity contribution in [3.63, 3.8) is 0 Å². The molecule has 0 unspecified atom stereocenters. The number of hydrogen-bond donors (Lipinski definition) is 1. The van der Waals surface area contributed by atoms with E-state index < -0.39 is 0 Å². The van der Waals surface area contributed by atoms with Crippen LogP contribution in [0.3, 0.4) is 0 Å². The summed E-state index contributed by atoms with van der Waals surface area (Å²) >= 11 is 5.92. The van der Waals surface area contributed by atoms with Crippen LogP contribution in [0.2, 0.25) is 5.02 Å². The molecule has 3 rings (SSSR count). The van der Waals surface area contributed by atoms with E-state index in [1.165, 1.54) is 5.56 Å². The number of fused-ring (bicyclic) bond motifs is 1. The van der Waals surface area contributed by atoms with Crippen molar-refractivity contribution >= 4 is 17.6 Å². The number of methoxy groups -OCH3 is 2. The number of halogens is 1. The molecule has 0 fully saturated rings. The summed E-state index contributed by atoms with van der Waals surface area (Å²) in [4.78, 5) is 14.2. The van der Waals surface area contributed by atoms with Crippen molar-refractivity contribution in [2.24, 2.45) is 0 Å². The molecule has 1 heterocycles. The summed E-state index contributed by atoms with van der Waals surface area (Å²) in [6.07, 6.45) is 0.780.